The van der Waals surface area contributed by atoms with Gasteiger partial charge in [-0.3, -0.25) is 0 Å². The molecule has 0 saturated heterocycles. The number of hydrogen-bond donors (Lipinski definition) is 2. The molecule has 1 fully saturated rings. The van der Waals surface area contributed by atoms with Crippen LogP contribution in [0.3, 0.4) is 0 Å². The van der Waals surface area contributed by atoms with Crippen molar-refractivity contribution in [2.45, 2.75) is 37.9 Å². The second kappa shape index (κ2) is 6.46. The average molecular weight is 286 g/mol. The summed E-state index contributed by atoms with van der Waals surface area (Å²) in [7, 11) is 1.56. The molecule has 0 aliphatic heterocycles. The van der Waals surface area contributed by atoms with E-state index in [0.717, 1.165) is 12.8 Å². The van der Waals surface area contributed by atoms with Crippen LogP contribution in [-0.2, 0) is 0 Å². The van der Waals surface area contributed by atoms with Crippen LogP contribution in [0.5, 0.6) is 11.5 Å². The lowest BCUT2D eigenvalue weighted by Crippen LogP contribution is -2.14. The number of methoxy groups -OCH3 is 1. The maximum absolute atomic E-state index is 9.82. The topological polar surface area (TPSA) is 64.7 Å². The number of aliphatic hydroxyl groups is 1. The van der Waals surface area contributed by atoms with E-state index in [4.69, 9.17) is 26.8 Å². The molecule has 3 N–H and O–H groups in total. The van der Waals surface area contributed by atoms with Crippen LogP contribution in [0.25, 0.3) is 0 Å². The fraction of sp³-hybridized carbons (Fsp3) is 0.571. The van der Waals surface area contributed by atoms with Gasteiger partial charge >= 0.3 is 0 Å². The molecule has 1 saturated carbocycles. The predicted octanol–water partition coefficient (Wildman–Crippen LogP) is 2.66. The highest BCUT2D eigenvalue weighted by molar-refractivity contribution is 6.32. The quantitative estimate of drug-likeness (QED) is 0.873. The standard InChI is InChI=1S/C14H20ClNO3/c1-18-14-11(15)6-9(12(17)8-16)7-13(14)19-10-4-2-3-5-10/h6-7,10,12,17H,2-5,8,16H2,1H3. The van der Waals surface area contributed by atoms with E-state index in [1.807, 2.05) is 0 Å². The van der Waals surface area contributed by atoms with Crippen LogP contribution in [0.4, 0.5) is 0 Å². The Balaban J connectivity index is 2.29. The summed E-state index contributed by atoms with van der Waals surface area (Å²) in [6.07, 6.45) is 3.93. The van der Waals surface area contributed by atoms with E-state index in [1.54, 1.807) is 19.2 Å². The van der Waals surface area contributed by atoms with Crippen molar-refractivity contribution in [1.82, 2.24) is 0 Å². The Kier molecular flexibility index (Phi) is 4.91. The highest BCUT2D eigenvalue weighted by Gasteiger charge is 2.21. The van der Waals surface area contributed by atoms with E-state index < -0.39 is 6.10 Å². The van der Waals surface area contributed by atoms with Gasteiger partial charge in [0.1, 0.15) is 0 Å². The molecule has 19 heavy (non-hydrogen) atoms. The highest BCUT2D eigenvalue weighted by atomic mass is 35.5. The summed E-state index contributed by atoms with van der Waals surface area (Å²) in [5.41, 5.74) is 6.13. The van der Waals surface area contributed by atoms with Gasteiger partial charge in [-0.25, -0.2) is 0 Å². The number of aliphatic hydroxyl groups excluding tert-OH is 1. The fourth-order valence-electron chi connectivity index (χ4n) is 2.39. The van der Waals surface area contributed by atoms with Gasteiger partial charge in [-0.1, -0.05) is 11.6 Å². The van der Waals surface area contributed by atoms with Gasteiger partial charge in [-0.05, 0) is 43.4 Å². The van der Waals surface area contributed by atoms with Crippen LogP contribution in [0.15, 0.2) is 12.1 Å². The van der Waals surface area contributed by atoms with Crippen LogP contribution in [-0.4, -0.2) is 24.9 Å². The molecule has 1 aromatic rings. The smallest absolute Gasteiger partial charge is 0.179 e. The molecular weight excluding hydrogens is 266 g/mol. The first-order valence-electron chi connectivity index (χ1n) is 6.58. The lowest BCUT2D eigenvalue weighted by atomic mass is 10.1. The Bertz CT molecular complexity index is 433. The zero-order valence-electron chi connectivity index (χ0n) is 11.1. The van der Waals surface area contributed by atoms with Crippen molar-refractivity contribution in [1.29, 1.82) is 0 Å². The monoisotopic (exact) mass is 285 g/mol. The largest absolute Gasteiger partial charge is 0.491 e. The van der Waals surface area contributed by atoms with Crippen molar-refractivity contribution >= 4 is 11.6 Å². The minimum absolute atomic E-state index is 0.144. The summed E-state index contributed by atoms with van der Waals surface area (Å²) in [5.74, 6) is 1.10. The van der Waals surface area contributed by atoms with Gasteiger partial charge in [-0.15, -0.1) is 0 Å². The van der Waals surface area contributed by atoms with Crippen molar-refractivity contribution < 1.29 is 14.6 Å². The summed E-state index contributed by atoms with van der Waals surface area (Å²) >= 11 is 6.16. The summed E-state index contributed by atoms with van der Waals surface area (Å²) in [6.45, 7) is 0.144. The third-order valence-electron chi connectivity index (χ3n) is 3.44. The molecule has 5 heteroatoms. The second-order valence-electron chi connectivity index (χ2n) is 4.81. The van der Waals surface area contributed by atoms with E-state index >= 15 is 0 Å². The van der Waals surface area contributed by atoms with Crippen molar-refractivity contribution in [2.75, 3.05) is 13.7 Å². The Morgan fingerprint density at radius 3 is 2.68 bits per heavy atom. The van der Waals surface area contributed by atoms with E-state index in [0.29, 0.717) is 22.1 Å². The Labute approximate surface area is 118 Å². The number of nitrogens with two attached hydrogens (primary N) is 1. The summed E-state index contributed by atoms with van der Waals surface area (Å²) in [6, 6.07) is 3.43. The number of halogens is 1. The number of rotatable bonds is 5. The van der Waals surface area contributed by atoms with E-state index in [-0.39, 0.29) is 12.6 Å². The number of ether oxygens (including phenoxy) is 2. The molecule has 4 nitrogen and oxygen atoms in total. The van der Waals surface area contributed by atoms with Crippen LogP contribution < -0.4 is 15.2 Å². The molecule has 0 heterocycles. The van der Waals surface area contributed by atoms with Crippen LogP contribution in [0.1, 0.15) is 37.4 Å². The maximum Gasteiger partial charge on any atom is 0.179 e. The zero-order chi connectivity index (χ0) is 13.8. The molecular formula is C14H20ClNO3. The van der Waals surface area contributed by atoms with E-state index in [9.17, 15) is 5.11 Å². The molecule has 1 atom stereocenters. The molecule has 0 bridgehead atoms. The fourth-order valence-corrected chi connectivity index (χ4v) is 2.68. The molecule has 0 aromatic heterocycles. The van der Waals surface area contributed by atoms with Crippen molar-refractivity contribution in [3.63, 3.8) is 0 Å². The van der Waals surface area contributed by atoms with Gasteiger partial charge in [0.25, 0.3) is 0 Å². The Hall–Kier alpha value is -0.970. The van der Waals surface area contributed by atoms with Gasteiger partial charge in [0, 0.05) is 6.54 Å². The van der Waals surface area contributed by atoms with Crippen LogP contribution in [0, 0.1) is 0 Å². The first-order valence-corrected chi connectivity index (χ1v) is 6.95. The molecule has 0 radical (unpaired) electrons. The molecule has 2 rings (SSSR count). The Morgan fingerprint density at radius 1 is 1.42 bits per heavy atom. The third-order valence-corrected chi connectivity index (χ3v) is 3.72. The predicted molar refractivity (Wildman–Crippen MR) is 74.9 cm³/mol. The summed E-state index contributed by atoms with van der Waals surface area (Å²) in [4.78, 5) is 0. The lowest BCUT2D eigenvalue weighted by Gasteiger charge is -2.19. The number of benzene rings is 1. The molecule has 106 valence electrons. The summed E-state index contributed by atoms with van der Waals surface area (Å²) < 4.78 is 11.2. The first-order chi connectivity index (χ1) is 9.15. The van der Waals surface area contributed by atoms with E-state index in [1.165, 1.54) is 12.8 Å². The molecule has 1 aliphatic carbocycles. The van der Waals surface area contributed by atoms with Crippen molar-refractivity contribution in [3.8, 4) is 11.5 Å². The van der Waals surface area contributed by atoms with Crippen molar-refractivity contribution in [3.05, 3.63) is 22.7 Å². The van der Waals surface area contributed by atoms with E-state index in [2.05, 4.69) is 0 Å². The lowest BCUT2D eigenvalue weighted by molar-refractivity contribution is 0.181. The SMILES string of the molecule is COc1c(Cl)cc(C(O)CN)cc1OC1CCCC1. The molecule has 0 spiro atoms. The van der Waals surface area contributed by atoms with Gasteiger partial charge < -0.3 is 20.3 Å². The normalized spacial score (nSPS) is 17.5. The molecule has 0 amide bonds. The minimum Gasteiger partial charge on any atom is -0.491 e. The first kappa shape index (κ1) is 14.4. The van der Waals surface area contributed by atoms with Gasteiger partial charge in [0.15, 0.2) is 11.5 Å². The minimum atomic E-state index is -0.741. The maximum atomic E-state index is 9.82. The molecule has 1 unspecified atom stereocenters. The van der Waals surface area contributed by atoms with Crippen LogP contribution in [0.2, 0.25) is 5.02 Å². The van der Waals surface area contributed by atoms with Crippen LogP contribution >= 0.6 is 11.6 Å². The van der Waals surface area contributed by atoms with Gasteiger partial charge in [0.05, 0.1) is 24.3 Å². The molecule has 1 aromatic carbocycles. The second-order valence-corrected chi connectivity index (χ2v) is 5.22. The van der Waals surface area contributed by atoms with Crippen molar-refractivity contribution in [2.24, 2.45) is 5.73 Å². The van der Waals surface area contributed by atoms with Gasteiger partial charge in [-0.2, -0.15) is 0 Å². The zero-order valence-corrected chi connectivity index (χ0v) is 11.8. The summed E-state index contributed by atoms with van der Waals surface area (Å²) in [5, 5.41) is 10.3. The molecule has 1 aliphatic rings. The third kappa shape index (κ3) is 3.32. The number of hydrogen-bond acceptors (Lipinski definition) is 4. The Morgan fingerprint density at radius 2 is 2.11 bits per heavy atom. The highest BCUT2D eigenvalue weighted by Crippen LogP contribution is 2.39. The van der Waals surface area contributed by atoms with Gasteiger partial charge in [0.2, 0.25) is 0 Å². The average Bonchev–Trinajstić information content (AvgIpc) is 2.90.